The number of hydrogen-bond acceptors (Lipinski definition) is 2. The van der Waals surface area contributed by atoms with Gasteiger partial charge in [0, 0.05) is 34.0 Å². The molecule has 1 N–H and O–H groups in total. The summed E-state index contributed by atoms with van der Waals surface area (Å²) in [5.41, 5.74) is 9.15. The summed E-state index contributed by atoms with van der Waals surface area (Å²) in [6.07, 6.45) is 1.84. The predicted molar refractivity (Wildman–Crippen MR) is 153 cm³/mol. The van der Waals surface area contributed by atoms with Gasteiger partial charge in [0.2, 0.25) is 0 Å². The molecule has 5 rings (SSSR count). The summed E-state index contributed by atoms with van der Waals surface area (Å²) in [5, 5.41) is 5.02. The summed E-state index contributed by atoms with van der Waals surface area (Å²) < 4.78 is 2.30. The summed E-state index contributed by atoms with van der Waals surface area (Å²) in [6, 6.07) is 23.0. The fourth-order valence-electron chi connectivity index (χ4n) is 5.25. The van der Waals surface area contributed by atoms with Crippen molar-refractivity contribution in [3.63, 3.8) is 0 Å². The fraction of sp³-hybridized carbons (Fsp3) is 0.267. The van der Waals surface area contributed by atoms with Crippen LogP contribution < -0.4 is 10.2 Å². The molecule has 0 bridgehead atoms. The highest BCUT2D eigenvalue weighted by Crippen LogP contribution is 2.44. The molecule has 0 saturated carbocycles. The van der Waals surface area contributed by atoms with Gasteiger partial charge in [0.1, 0.15) is 0 Å². The van der Waals surface area contributed by atoms with Crippen LogP contribution in [0.25, 0.3) is 5.69 Å². The Balaban J connectivity index is 1.67. The summed E-state index contributed by atoms with van der Waals surface area (Å²) >= 11 is 12.3. The molecule has 3 heterocycles. The molecule has 36 heavy (non-hydrogen) atoms. The van der Waals surface area contributed by atoms with Gasteiger partial charge in [0.25, 0.3) is 0 Å². The van der Waals surface area contributed by atoms with E-state index >= 15 is 0 Å². The average molecular weight is 515 g/mol. The minimum Gasteiger partial charge on any atom is -0.351 e. The van der Waals surface area contributed by atoms with Crippen LogP contribution in [0.5, 0.6) is 0 Å². The second-order valence-electron chi connectivity index (χ2n) is 9.84. The van der Waals surface area contributed by atoms with Crippen LogP contribution in [-0.2, 0) is 0 Å². The lowest BCUT2D eigenvalue weighted by atomic mass is 9.96. The number of rotatable bonds is 5. The average Bonchev–Trinajstić information content (AvgIpc) is 3.36. The first kappa shape index (κ1) is 24.5. The molecule has 2 aromatic carbocycles. The summed E-state index contributed by atoms with van der Waals surface area (Å²) in [7, 11) is 0. The van der Waals surface area contributed by atoms with Crippen LogP contribution in [0.1, 0.15) is 65.6 Å². The van der Waals surface area contributed by atoms with E-state index in [2.05, 4.69) is 91.9 Å². The molecule has 4 nitrogen and oxygen atoms in total. The number of thiocarbonyl (C=S) groups is 1. The van der Waals surface area contributed by atoms with Crippen LogP contribution in [0.4, 0.5) is 5.69 Å². The van der Waals surface area contributed by atoms with Gasteiger partial charge in [-0.05, 0) is 98.1 Å². The minimum absolute atomic E-state index is 0.0586. The predicted octanol–water partition coefficient (Wildman–Crippen LogP) is 7.75. The number of nitrogens with one attached hydrogen (secondary N) is 1. The Morgan fingerprint density at radius 2 is 1.72 bits per heavy atom. The van der Waals surface area contributed by atoms with Crippen LogP contribution in [0, 0.1) is 20.8 Å². The Morgan fingerprint density at radius 3 is 2.39 bits per heavy atom. The smallest absolute Gasteiger partial charge is 0.174 e. The fourth-order valence-corrected chi connectivity index (χ4v) is 5.76. The van der Waals surface area contributed by atoms with Gasteiger partial charge >= 0.3 is 0 Å². The van der Waals surface area contributed by atoms with Gasteiger partial charge in [-0.15, -0.1) is 0 Å². The van der Waals surface area contributed by atoms with Crippen molar-refractivity contribution >= 4 is 34.6 Å². The molecular weight excluding hydrogens is 484 g/mol. The van der Waals surface area contributed by atoms with Crippen molar-refractivity contribution in [1.29, 1.82) is 0 Å². The quantitative estimate of drug-likeness (QED) is 0.276. The highest BCUT2D eigenvalue weighted by molar-refractivity contribution is 7.80. The molecule has 1 saturated heterocycles. The number of benzene rings is 2. The number of nitrogens with zero attached hydrogens (tertiary/aromatic N) is 3. The topological polar surface area (TPSA) is 33.1 Å². The highest BCUT2D eigenvalue weighted by atomic mass is 35.5. The van der Waals surface area contributed by atoms with Crippen molar-refractivity contribution < 1.29 is 0 Å². The molecule has 2 unspecified atom stereocenters. The SMILES string of the molecule is Cc1ccc(Cl)cc1-n1c(C)cc(C2C(c3ccccn3)NC(=S)N2c2ccc(C(C)C)cc2)c1C. The van der Waals surface area contributed by atoms with Crippen LogP contribution >= 0.6 is 23.8 Å². The van der Waals surface area contributed by atoms with Crippen LogP contribution in [0.3, 0.4) is 0 Å². The number of aryl methyl sites for hydroxylation is 2. The van der Waals surface area contributed by atoms with Crippen LogP contribution in [0.2, 0.25) is 5.02 Å². The van der Waals surface area contributed by atoms with Crippen molar-refractivity contribution in [3.05, 3.63) is 112 Å². The maximum Gasteiger partial charge on any atom is 0.174 e. The molecule has 6 heteroatoms. The van der Waals surface area contributed by atoms with E-state index < -0.39 is 0 Å². The first-order valence-electron chi connectivity index (χ1n) is 12.3. The number of anilines is 1. The van der Waals surface area contributed by atoms with E-state index in [0.29, 0.717) is 11.0 Å². The third-order valence-corrected chi connectivity index (χ3v) is 7.69. The van der Waals surface area contributed by atoms with E-state index in [9.17, 15) is 0 Å². The van der Waals surface area contributed by atoms with Crippen molar-refractivity contribution in [2.45, 2.75) is 52.6 Å². The normalized spacial score (nSPS) is 17.6. The van der Waals surface area contributed by atoms with Gasteiger partial charge in [-0.25, -0.2) is 0 Å². The maximum absolute atomic E-state index is 6.41. The van der Waals surface area contributed by atoms with Crippen molar-refractivity contribution in [2.24, 2.45) is 0 Å². The van der Waals surface area contributed by atoms with E-state index in [-0.39, 0.29) is 12.1 Å². The van der Waals surface area contributed by atoms with Gasteiger partial charge in [-0.2, -0.15) is 0 Å². The Hall–Kier alpha value is -3.15. The number of halogens is 1. The summed E-state index contributed by atoms with van der Waals surface area (Å²) in [5.74, 6) is 0.472. The Kier molecular flexibility index (Phi) is 6.62. The Bertz CT molecular complexity index is 1410. The van der Waals surface area contributed by atoms with Gasteiger partial charge in [0.15, 0.2) is 5.11 Å². The second-order valence-corrected chi connectivity index (χ2v) is 10.7. The molecule has 0 spiro atoms. The van der Waals surface area contributed by atoms with Gasteiger partial charge in [-0.1, -0.05) is 49.7 Å². The largest absolute Gasteiger partial charge is 0.351 e. The second kappa shape index (κ2) is 9.72. The Morgan fingerprint density at radius 1 is 0.972 bits per heavy atom. The zero-order chi connectivity index (χ0) is 25.6. The van der Waals surface area contributed by atoms with Crippen LogP contribution in [-0.4, -0.2) is 14.7 Å². The Labute approximate surface area is 223 Å². The van der Waals surface area contributed by atoms with E-state index in [1.165, 1.54) is 22.4 Å². The zero-order valence-corrected chi connectivity index (χ0v) is 22.9. The maximum atomic E-state index is 6.41. The molecule has 2 aromatic heterocycles. The molecule has 1 aliphatic rings. The molecule has 1 aliphatic heterocycles. The first-order chi connectivity index (χ1) is 17.3. The highest BCUT2D eigenvalue weighted by Gasteiger charge is 2.42. The summed E-state index contributed by atoms with van der Waals surface area (Å²) in [4.78, 5) is 6.95. The first-order valence-corrected chi connectivity index (χ1v) is 13.1. The number of aromatic nitrogens is 2. The lowest BCUT2D eigenvalue weighted by molar-refractivity contribution is 0.565. The molecule has 1 fully saturated rings. The summed E-state index contributed by atoms with van der Waals surface area (Å²) in [6.45, 7) is 10.9. The lowest BCUT2D eigenvalue weighted by Gasteiger charge is -2.28. The lowest BCUT2D eigenvalue weighted by Crippen LogP contribution is -2.29. The zero-order valence-electron chi connectivity index (χ0n) is 21.3. The van der Waals surface area contributed by atoms with E-state index in [4.69, 9.17) is 28.8 Å². The molecular formula is C30H31ClN4S. The van der Waals surface area contributed by atoms with Crippen molar-refractivity contribution in [1.82, 2.24) is 14.9 Å². The van der Waals surface area contributed by atoms with Gasteiger partial charge in [-0.3, -0.25) is 4.98 Å². The molecule has 184 valence electrons. The van der Waals surface area contributed by atoms with Crippen molar-refractivity contribution in [2.75, 3.05) is 4.90 Å². The number of pyridine rings is 1. The minimum atomic E-state index is -0.0853. The van der Waals surface area contributed by atoms with E-state index in [1.54, 1.807) is 0 Å². The van der Waals surface area contributed by atoms with E-state index in [1.807, 2.05) is 30.5 Å². The molecule has 0 amide bonds. The van der Waals surface area contributed by atoms with E-state index in [0.717, 1.165) is 27.8 Å². The van der Waals surface area contributed by atoms with Crippen LogP contribution in [0.15, 0.2) is 72.9 Å². The standard InChI is InChI=1S/C30H31ClN4S/c1-18(2)22-10-13-24(14-11-22)35-29(28(33-30(35)36)26-8-6-7-15-32-26)25-16-20(4)34(21(25)5)27-17-23(31)12-9-19(27)3/h6-18,28-29H,1-5H3,(H,33,36). The monoisotopic (exact) mass is 514 g/mol. The molecule has 0 aliphatic carbocycles. The van der Waals surface area contributed by atoms with Gasteiger partial charge in [0.05, 0.1) is 17.8 Å². The van der Waals surface area contributed by atoms with Crippen molar-refractivity contribution in [3.8, 4) is 5.69 Å². The third-order valence-electron chi connectivity index (χ3n) is 7.14. The third kappa shape index (κ3) is 4.31. The molecule has 0 radical (unpaired) electrons. The van der Waals surface area contributed by atoms with Gasteiger partial charge < -0.3 is 14.8 Å². The molecule has 2 atom stereocenters. The molecule has 4 aromatic rings. The number of hydrogen-bond donors (Lipinski definition) is 1.